The molecule has 160 valence electrons. The number of pyridine rings is 1. The van der Waals surface area contributed by atoms with E-state index in [4.69, 9.17) is 4.74 Å². The number of esters is 1. The van der Waals surface area contributed by atoms with Crippen LogP contribution in [0.25, 0.3) is 11.3 Å². The zero-order valence-electron chi connectivity index (χ0n) is 18.0. The van der Waals surface area contributed by atoms with Crippen molar-refractivity contribution in [2.24, 2.45) is 0 Å². The molecular weight excluding hydrogens is 400 g/mol. The second-order valence-electron chi connectivity index (χ2n) is 9.29. The summed E-state index contributed by atoms with van der Waals surface area (Å²) in [4.78, 5) is 32.4. The van der Waals surface area contributed by atoms with Crippen molar-refractivity contribution in [1.29, 1.82) is 0 Å². The number of ether oxygens (including phenoxy) is 1. The maximum absolute atomic E-state index is 13.6. The Kier molecular flexibility index (Phi) is 4.06. The van der Waals surface area contributed by atoms with Crippen LogP contribution in [0.15, 0.2) is 66.9 Å². The summed E-state index contributed by atoms with van der Waals surface area (Å²) in [5, 5.41) is 0. The van der Waals surface area contributed by atoms with Crippen molar-refractivity contribution >= 4 is 11.9 Å². The minimum atomic E-state index is -0.694. The Morgan fingerprint density at radius 2 is 1.78 bits per heavy atom. The van der Waals surface area contributed by atoms with Gasteiger partial charge in [-0.25, -0.2) is 4.79 Å². The monoisotopic (exact) mass is 424 g/mol. The minimum Gasteiger partial charge on any atom is -0.449 e. The summed E-state index contributed by atoms with van der Waals surface area (Å²) < 4.78 is 5.83. The van der Waals surface area contributed by atoms with Crippen LogP contribution in [0.5, 0.6) is 0 Å². The first-order valence-corrected chi connectivity index (χ1v) is 11.2. The lowest BCUT2D eigenvalue weighted by molar-refractivity contribution is -0.134. The zero-order chi connectivity index (χ0) is 21.9. The number of benzene rings is 2. The molecule has 2 aromatic carbocycles. The highest BCUT2D eigenvalue weighted by atomic mass is 16.6. The number of aryl methyl sites for hydroxylation is 1. The molecule has 1 atom stereocenters. The molecule has 0 unspecified atom stereocenters. The smallest absolute Gasteiger partial charge is 0.339 e. The first-order chi connectivity index (χ1) is 15.5. The van der Waals surface area contributed by atoms with Gasteiger partial charge in [0.1, 0.15) is 0 Å². The Morgan fingerprint density at radius 3 is 2.50 bits per heavy atom. The lowest BCUT2D eigenvalue weighted by Gasteiger charge is -2.27. The van der Waals surface area contributed by atoms with Crippen LogP contribution in [0, 0.1) is 6.92 Å². The highest BCUT2D eigenvalue weighted by Gasteiger charge is 2.57. The number of aromatic nitrogens is 1. The fourth-order valence-electron chi connectivity index (χ4n) is 5.26. The molecule has 5 heteroatoms. The van der Waals surface area contributed by atoms with Gasteiger partial charge in [0, 0.05) is 30.3 Å². The van der Waals surface area contributed by atoms with Gasteiger partial charge in [0.15, 0.2) is 5.60 Å². The molecule has 1 saturated carbocycles. The maximum atomic E-state index is 13.6. The topological polar surface area (TPSA) is 59.5 Å². The number of hydrogen-bond acceptors (Lipinski definition) is 4. The molecule has 3 aliphatic rings. The fourth-order valence-corrected chi connectivity index (χ4v) is 5.26. The minimum absolute atomic E-state index is 0.149. The first kappa shape index (κ1) is 19.2. The van der Waals surface area contributed by atoms with E-state index in [0.717, 1.165) is 40.8 Å². The second kappa shape index (κ2) is 6.76. The third-order valence-corrected chi connectivity index (χ3v) is 7.25. The summed E-state index contributed by atoms with van der Waals surface area (Å²) in [7, 11) is 0. The summed E-state index contributed by atoms with van der Waals surface area (Å²) in [6.45, 7) is 3.06. The van der Waals surface area contributed by atoms with Crippen LogP contribution in [0.1, 0.15) is 46.3 Å². The van der Waals surface area contributed by atoms with Crippen LogP contribution in [-0.4, -0.2) is 34.8 Å². The van der Waals surface area contributed by atoms with Crippen molar-refractivity contribution in [1.82, 2.24) is 9.88 Å². The lowest BCUT2D eigenvalue weighted by atomic mass is 9.91. The quantitative estimate of drug-likeness (QED) is 0.585. The van der Waals surface area contributed by atoms with Gasteiger partial charge in [0.2, 0.25) is 5.91 Å². The molecule has 32 heavy (non-hydrogen) atoms. The third kappa shape index (κ3) is 2.80. The third-order valence-electron chi connectivity index (χ3n) is 7.25. The van der Waals surface area contributed by atoms with Crippen molar-refractivity contribution in [2.75, 3.05) is 13.1 Å². The number of carbonyl (C=O) groups excluding carboxylic acids is 2. The van der Waals surface area contributed by atoms with Gasteiger partial charge >= 0.3 is 5.97 Å². The molecule has 2 aliphatic heterocycles. The van der Waals surface area contributed by atoms with Crippen molar-refractivity contribution < 1.29 is 14.3 Å². The van der Waals surface area contributed by atoms with Crippen LogP contribution in [0.2, 0.25) is 0 Å². The van der Waals surface area contributed by atoms with E-state index in [0.29, 0.717) is 25.1 Å². The molecule has 6 rings (SSSR count). The van der Waals surface area contributed by atoms with Gasteiger partial charge in [0.25, 0.3) is 0 Å². The Balaban J connectivity index is 1.24. The van der Waals surface area contributed by atoms with Crippen LogP contribution in [-0.2, 0) is 20.5 Å². The summed E-state index contributed by atoms with van der Waals surface area (Å²) in [5.41, 5.74) is 4.57. The predicted octanol–water partition coefficient (Wildman–Crippen LogP) is 4.39. The molecule has 1 amide bonds. The van der Waals surface area contributed by atoms with E-state index < -0.39 is 11.0 Å². The molecule has 3 heterocycles. The number of carbonyl (C=O) groups is 2. The number of rotatable bonds is 3. The van der Waals surface area contributed by atoms with Crippen LogP contribution in [0.3, 0.4) is 0 Å². The van der Waals surface area contributed by atoms with E-state index in [1.165, 1.54) is 0 Å². The lowest BCUT2D eigenvalue weighted by Crippen LogP contribution is -2.40. The van der Waals surface area contributed by atoms with E-state index in [-0.39, 0.29) is 11.9 Å². The Morgan fingerprint density at radius 1 is 1.00 bits per heavy atom. The number of amides is 1. The molecule has 2 fully saturated rings. The van der Waals surface area contributed by atoms with Gasteiger partial charge in [-0.1, -0.05) is 48.5 Å². The van der Waals surface area contributed by atoms with E-state index in [2.05, 4.69) is 35.3 Å². The molecule has 0 radical (unpaired) electrons. The number of nitrogens with zero attached hydrogens (tertiary/aromatic N) is 2. The highest BCUT2D eigenvalue weighted by Crippen LogP contribution is 2.52. The first-order valence-electron chi connectivity index (χ1n) is 11.2. The summed E-state index contributed by atoms with van der Waals surface area (Å²) >= 11 is 0. The van der Waals surface area contributed by atoms with E-state index in [1.807, 2.05) is 48.4 Å². The Labute approximate surface area is 187 Å². The van der Waals surface area contributed by atoms with E-state index >= 15 is 0 Å². The predicted molar refractivity (Wildman–Crippen MR) is 120 cm³/mol. The Hall–Kier alpha value is -3.47. The molecule has 0 N–H and O–H groups in total. The van der Waals surface area contributed by atoms with Gasteiger partial charge in [-0.05, 0) is 43.0 Å². The summed E-state index contributed by atoms with van der Waals surface area (Å²) in [6.07, 6.45) is 4.23. The van der Waals surface area contributed by atoms with Gasteiger partial charge in [-0.3, -0.25) is 9.78 Å². The summed E-state index contributed by atoms with van der Waals surface area (Å²) in [5.74, 6) is -0.132. The summed E-state index contributed by atoms with van der Waals surface area (Å²) in [6, 6.07) is 19.9. The molecule has 0 bridgehead atoms. The molecule has 1 aromatic heterocycles. The van der Waals surface area contributed by atoms with Gasteiger partial charge < -0.3 is 9.64 Å². The van der Waals surface area contributed by atoms with Gasteiger partial charge in [-0.15, -0.1) is 0 Å². The van der Waals surface area contributed by atoms with E-state index in [1.54, 1.807) is 0 Å². The number of hydrogen-bond donors (Lipinski definition) is 0. The number of likely N-dealkylation sites (tertiary alicyclic amines) is 1. The Bertz CT molecular complexity index is 1230. The highest BCUT2D eigenvalue weighted by molar-refractivity contribution is 5.96. The van der Waals surface area contributed by atoms with E-state index in [9.17, 15) is 9.59 Å². The van der Waals surface area contributed by atoms with Crippen molar-refractivity contribution in [2.45, 2.75) is 37.2 Å². The van der Waals surface area contributed by atoms with Crippen LogP contribution >= 0.6 is 0 Å². The van der Waals surface area contributed by atoms with Crippen LogP contribution in [0.4, 0.5) is 0 Å². The maximum Gasteiger partial charge on any atom is 0.339 e. The molecule has 5 nitrogen and oxygen atoms in total. The fraction of sp³-hybridized carbons (Fsp3) is 0.296. The average Bonchev–Trinajstić information content (AvgIpc) is 3.46. The average molecular weight is 425 g/mol. The van der Waals surface area contributed by atoms with Crippen molar-refractivity contribution in [3.8, 4) is 11.3 Å². The second-order valence-corrected chi connectivity index (χ2v) is 9.29. The van der Waals surface area contributed by atoms with Crippen molar-refractivity contribution in [3.05, 3.63) is 89.1 Å². The van der Waals surface area contributed by atoms with Gasteiger partial charge in [-0.2, -0.15) is 0 Å². The molecule has 1 spiro atoms. The molecule has 1 aliphatic carbocycles. The molecular formula is C27H24N2O3. The normalized spacial score (nSPS) is 22.7. The largest absolute Gasteiger partial charge is 0.449 e. The zero-order valence-corrected chi connectivity index (χ0v) is 18.0. The van der Waals surface area contributed by atoms with Crippen LogP contribution < -0.4 is 0 Å². The molecule has 3 aromatic rings. The standard InChI is InChI=1S/C27H24N2O3/c1-18-6-11-23(28-16-18)19-7-9-20(10-8-19)26(12-13-26)25(31)29-15-14-27(17-29)22-5-3-2-4-21(22)24(30)32-27/h2-11,16H,12-15,17H2,1H3/t27-/m0/s1. The molecule has 1 saturated heterocycles. The van der Waals surface area contributed by atoms with Gasteiger partial charge in [0.05, 0.1) is 23.2 Å². The van der Waals surface area contributed by atoms with Crippen molar-refractivity contribution in [3.63, 3.8) is 0 Å². The number of fused-ring (bicyclic) bond motifs is 2. The SMILES string of the molecule is Cc1ccc(-c2ccc(C3(C(=O)N4CC[C@@]5(C4)OC(=O)c4ccccc45)CC3)cc2)nc1.